The lowest BCUT2D eigenvalue weighted by Gasteiger charge is -2.08. The maximum Gasteiger partial charge on any atom is 0.321 e. The fraction of sp³-hybridized carbons (Fsp3) is 0.105. The molecule has 29 heavy (non-hydrogen) atoms. The van der Waals surface area contributed by atoms with Gasteiger partial charge < -0.3 is 10.1 Å². The van der Waals surface area contributed by atoms with E-state index in [4.69, 9.17) is 16.3 Å². The largest absolute Gasteiger partial charge is 0.455 e. The van der Waals surface area contributed by atoms with Crippen LogP contribution in [-0.2, 0) is 24.3 Å². The van der Waals surface area contributed by atoms with Crippen molar-refractivity contribution >= 4 is 50.1 Å². The number of fused-ring (bicyclic) bond motifs is 1. The van der Waals surface area contributed by atoms with Gasteiger partial charge in [0.1, 0.15) is 12.4 Å². The van der Waals surface area contributed by atoms with Gasteiger partial charge in [-0.2, -0.15) is 4.72 Å². The molecule has 0 aliphatic heterocycles. The van der Waals surface area contributed by atoms with Crippen LogP contribution in [0.2, 0.25) is 5.02 Å². The molecule has 0 aliphatic rings. The number of anilines is 1. The first-order chi connectivity index (χ1) is 13.8. The molecule has 1 aromatic heterocycles. The lowest BCUT2D eigenvalue weighted by atomic mass is 10.1. The third kappa shape index (κ3) is 5.74. The Morgan fingerprint density at radius 3 is 2.52 bits per heavy atom. The number of pyridine rings is 1. The molecule has 0 radical (unpaired) electrons. The SMILES string of the molecule is O=C(COC(=O)CNS(=O)(=O)c1ccc2ccccc2c1)Nc1ccc(Cl)cn1. The maximum absolute atomic E-state index is 12.4. The third-order valence-electron chi connectivity index (χ3n) is 3.80. The molecule has 0 bridgehead atoms. The van der Waals surface area contributed by atoms with E-state index in [1.54, 1.807) is 18.2 Å². The average Bonchev–Trinajstić information content (AvgIpc) is 2.72. The van der Waals surface area contributed by atoms with E-state index in [0.717, 1.165) is 10.8 Å². The lowest BCUT2D eigenvalue weighted by molar-refractivity contribution is -0.146. The zero-order valence-corrected chi connectivity index (χ0v) is 16.5. The van der Waals surface area contributed by atoms with Crippen LogP contribution in [0.5, 0.6) is 0 Å². The van der Waals surface area contributed by atoms with Gasteiger partial charge in [-0.25, -0.2) is 13.4 Å². The number of rotatable bonds is 7. The molecule has 0 saturated heterocycles. The normalized spacial score (nSPS) is 11.2. The van der Waals surface area contributed by atoms with Crippen molar-refractivity contribution in [1.29, 1.82) is 0 Å². The predicted octanol–water partition coefficient (Wildman–Crippen LogP) is 2.35. The highest BCUT2D eigenvalue weighted by atomic mass is 35.5. The molecule has 2 aromatic carbocycles. The lowest BCUT2D eigenvalue weighted by Crippen LogP contribution is -2.32. The Morgan fingerprint density at radius 1 is 1.03 bits per heavy atom. The summed E-state index contributed by atoms with van der Waals surface area (Å²) in [5, 5.41) is 4.48. The first-order valence-electron chi connectivity index (χ1n) is 8.39. The molecule has 0 aliphatic carbocycles. The molecule has 150 valence electrons. The molecule has 3 aromatic rings. The van der Waals surface area contributed by atoms with Gasteiger partial charge in [0, 0.05) is 6.20 Å². The van der Waals surface area contributed by atoms with E-state index < -0.39 is 35.1 Å². The van der Waals surface area contributed by atoms with Crippen molar-refractivity contribution in [3.05, 3.63) is 65.8 Å². The average molecular weight is 434 g/mol. The number of ether oxygens (including phenoxy) is 1. The summed E-state index contributed by atoms with van der Waals surface area (Å²) in [5.74, 6) is -1.27. The van der Waals surface area contributed by atoms with Gasteiger partial charge >= 0.3 is 5.97 Å². The predicted molar refractivity (Wildman–Crippen MR) is 108 cm³/mol. The summed E-state index contributed by atoms with van der Waals surface area (Å²) in [6, 6.07) is 15.0. The number of nitrogens with zero attached hydrogens (tertiary/aromatic N) is 1. The number of hydrogen-bond donors (Lipinski definition) is 2. The van der Waals surface area contributed by atoms with Crippen LogP contribution in [0.1, 0.15) is 0 Å². The fourth-order valence-corrected chi connectivity index (χ4v) is 3.51. The highest BCUT2D eigenvalue weighted by molar-refractivity contribution is 7.89. The van der Waals surface area contributed by atoms with Crippen LogP contribution < -0.4 is 10.0 Å². The number of nitrogens with one attached hydrogen (secondary N) is 2. The first kappa shape index (κ1) is 20.7. The molecule has 0 atom stereocenters. The Labute approximate surface area is 171 Å². The van der Waals surface area contributed by atoms with E-state index >= 15 is 0 Å². The molecule has 0 unspecified atom stereocenters. The van der Waals surface area contributed by atoms with Gasteiger partial charge in [-0.3, -0.25) is 9.59 Å². The number of carbonyl (C=O) groups excluding carboxylic acids is 2. The Kier molecular flexibility index (Phi) is 6.42. The molecule has 1 amide bonds. The van der Waals surface area contributed by atoms with E-state index in [-0.39, 0.29) is 10.7 Å². The highest BCUT2D eigenvalue weighted by Crippen LogP contribution is 2.18. The van der Waals surface area contributed by atoms with E-state index in [9.17, 15) is 18.0 Å². The summed E-state index contributed by atoms with van der Waals surface area (Å²) in [5.41, 5.74) is 0. The molecular formula is C19H16ClN3O5S. The van der Waals surface area contributed by atoms with E-state index in [1.165, 1.54) is 30.5 Å². The van der Waals surface area contributed by atoms with Crippen LogP contribution in [0.4, 0.5) is 5.82 Å². The molecule has 0 fully saturated rings. The minimum absolute atomic E-state index is 0.0237. The Morgan fingerprint density at radius 2 is 1.79 bits per heavy atom. The smallest absolute Gasteiger partial charge is 0.321 e. The Balaban J connectivity index is 1.51. The van der Waals surface area contributed by atoms with E-state index in [0.29, 0.717) is 5.02 Å². The van der Waals surface area contributed by atoms with Gasteiger partial charge in [0.15, 0.2) is 6.61 Å². The minimum Gasteiger partial charge on any atom is -0.455 e. The summed E-state index contributed by atoms with van der Waals surface area (Å²) < 4.78 is 31.7. The van der Waals surface area contributed by atoms with Gasteiger partial charge in [0.2, 0.25) is 10.0 Å². The summed E-state index contributed by atoms with van der Waals surface area (Å²) in [6.07, 6.45) is 1.35. The van der Waals surface area contributed by atoms with E-state index in [2.05, 4.69) is 15.0 Å². The number of halogens is 1. The number of hydrogen-bond acceptors (Lipinski definition) is 6. The quantitative estimate of drug-likeness (QED) is 0.553. The second-order valence-electron chi connectivity index (χ2n) is 5.90. The van der Waals surface area contributed by atoms with Gasteiger partial charge in [0.25, 0.3) is 5.91 Å². The van der Waals surface area contributed by atoms with Crippen LogP contribution in [0.25, 0.3) is 10.8 Å². The molecule has 8 nitrogen and oxygen atoms in total. The third-order valence-corrected chi connectivity index (χ3v) is 5.42. The number of esters is 1. The van der Waals surface area contributed by atoms with Crippen molar-refractivity contribution < 1.29 is 22.7 Å². The molecule has 1 heterocycles. The van der Waals surface area contributed by atoms with Crippen molar-refractivity contribution in [1.82, 2.24) is 9.71 Å². The first-order valence-corrected chi connectivity index (χ1v) is 10.2. The van der Waals surface area contributed by atoms with Gasteiger partial charge in [-0.15, -0.1) is 0 Å². The van der Waals surface area contributed by atoms with Crippen molar-refractivity contribution in [2.45, 2.75) is 4.90 Å². The van der Waals surface area contributed by atoms with Crippen LogP contribution >= 0.6 is 11.6 Å². The standard InChI is InChI=1S/C19H16ClN3O5S/c20-15-6-8-17(21-10-15)23-18(24)12-28-19(25)11-22-29(26,27)16-7-5-13-3-1-2-4-14(13)9-16/h1-10,22H,11-12H2,(H,21,23,24). The van der Waals surface area contributed by atoms with Crippen LogP contribution in [0, 0.1) is 0 Å². The van der Waals surface area contributed by atoms with Gasteiger partial charge in [0.05, 0.1) is 9.92 Å². The van der Waals surface area contributed by atoms with E-state index in [1.807, 2.05) is 12.1 Å². The molecule has 3 rings (SSSR count). The molecule has 0 spiro atoms. The monoisotopic (exact) mass is 433 g/mol. The number of benzene rings is 2. The Hall–Kier alpha value is -3.01. The maximum atomic E-state index is 12.4. The van der Waals surface area contributed by atoms with Crippen LogP contribution in [0.15, 0.2) is 65.7 Å². The van der Waals surface area contributed by atoms with Crippen molar-refractivity contribution in [3.63, 3.8) is 0 Å². The topological polar surface area (TPSA) is 114 Å². The molecule has 10 heteroatoms. The minimum atomic E-state index is -3.91. The summed E-state index contributed by atoms with van der Waals surface area (Å²) in [6.45, 7) is -1.19. The summed E-state index contributed by atoms with van der Waals surface area (Å²) in [7, 11) is -3.91. The van der Waals surface area contributed by atoms with Gasteiger partial charge in [-0.05, 0) is 35.0 Å². The Bertz CT molecular complexity index is 1150. The van der Waals surface area contributed by atoms with Crippen molar-refractivity contribution in [2.24, 2.45) is 0 Å². The molecular weight excluding hydrogens is 418 g/mol. The number of aromatic nitrogens is 1. The molecule has 2 N–H and O–H groups in total. The van der Waals surface area contributed by atoms with Crippen LogP contribution in [0.3, 0.4) is 0 Å². The summed E-state index contributed by atoms with van der Waals surface area (Å²) in [4.78, 5) is 27.4. The second-order valence-corrected chi connectivity index (χ2v) is 8.11. The van der Waals surface area contributed by atoms with Crippen LogP contribution in [-0.4, -0.2) is 38.4 Å². The number of sulfonamides is 1. The number of carbonyl (C=O) groups is 2. The second kappa shape index (κ2) is 8.99. The molecule has 0 saturated carbocycles. The fourth-order valence-electron chi connectivity index (χ4n) is 2.40. The summed E-state index contributed by atoms with van der Waals surface area (Å²) >= 11 is 5.69. The van der Waals surface area contributed by atoms with Gasteiger partial charge in [-0.1, -0.05) is 41.9 Å². The zero-order valence-electron chi connectivity index (χ0n) is 15.0. The van der Waals surface area contributed by atoms with Crippen molar-refractivity contribution in [3.8, 4) is 0 Å². The zero-order chi connectivity index (χ0) is 20.9. The van der Waals surface area contributed by atoms with Crippen molar-refractivity contribution in [2.75, 3.05) is 18.5 Å². The highest BCUT2D eigenvalue weighted by Gasteiger charge is 2.17. The number of amides is 1.